The molecule has 0 aliphatic heterocycles. The minimum Gasteiger partial charge on any atom is -0.547 e. The van der Waals surface area contributed by atoms with E-state index < -0.39 is 36.4 Å². The van der Waals surface area contributed by atoms with E-state index in [2.05, 4.69) is 9.97 Å². The van der Waals surface area contributed by atoms with E-state index in [1.165, 1.54) is 11.3 Å². The Balaban J connectivity index is 1.93. The van der Waals surface area contributed by atoms with Crippen LogP contribution in [-0.4, -0.2) is 50.3 Å². The summed E-state index contributed by atoms with van der Waals surface area (Å²) in [4.78, 5) is 42.7. The number of ether oxygens (including phenoxy) is 1. The first-order valence-corrected chi connectivity index (χ1v) is 9.75. The number of rotatable bonds is 10. The van der Waals surface area contributed by atoms with Crippen LogP contribution in [0.3, 0.4) is 0 Å². The molecule has 0 fully saturated rings. The van der Waals surface area contributed by atoms with Crippen molar-refractivity contribution in [2.24, 2.45) is 0 Å². The zero-order chi connectivity index (χ0) is 22.5. The van der Waals surface area contributed by atoms with Crippen LogP contribution in [-0.2, 0) is 32.1 Å². The van der Waals surface area contributed by atoms with E-state index in [4.69, 9.17) is 15.6 Å². The van der Waals surface area contributed by atoms with Gasteiger partial charge < -0.3 is 30.6 Å². The smallest absolute Gasteiger partial charge is 0.309 e. The summed E-state index contributed by atoms with van der Waals surface area (Å²) in [5, 5.41) is 29.5. The predicted molar refractivity (Wildman–Crippen MR) is 101 cm³/mol. The highest BCUT2D eigenvalue weighted by Gasteiger charge is 2.35. The Hall–Kier alpha value is -3.12. The van der Waals surface area contributed by atoms with Gasteiger partial charge in [0.15, 0.2) is 12.2 Å². The third-order valence-electron chi connectivity index (χ3n) is 4.37. The van der Waals surface area contributed by atoms with E-state index in [0.717, 1.165) is 16.1 Å². The van der Waals surface area contributed by atoms with Gasteiger partial charge in [-0.1, -0.05) is 11.3 Å². The molecule has 2 rings (SSSR count). The van der Waals surface area contributed by atoms with Crippen LogP contribution in [0.2, 0.25) is 0 Å². The third kappa shape index (κ3) is 5.94. The average molecular weight is 438 g/mol. The Morgan fingerprint density at radius 1 is 1.33 bits per heavy atom. The van der Waals surface area contributed by atoms with Crippen molar-refractivity contribution in [1.29, 1.82) is 0 Å². The Morgan fingerprint density at radius 2 is 2.03 bits per heavy atom. The largest absolute Gasteiger partial charge is 0.547 e. The molecule has 0 aliphatic rings. The van der Waals surface area contributed by atoms with E-state index in [1.54, 1.807) is 13.1 Å². The first-order chi connectivity index (χ1) is 14.0. The molecule has 162 valence electrons. The first-order valence-electron chi connectivity index (χ1n) is 8.87. The number of hydrogen-bond acceptors (Lipinski definition) is 10. The van der Waals surface area contributed by atoms with Gasteiger partial charge in [-0.05, 0) is 6.92 Å². The van der Waals surface area contributed by atoms with Gasteiger partial charge in [0.05, 0.1) is 35.9 Å². The molecule has 12 heteroatoms. The first kappa shape index (κ1) is 23.2. The van der Waals surface area contributed by atoms with Crippen LogP contribution in [0.4, 0.5) is 5.82 Å². The molecule has 2 aromatic rings. The second-order valence-electron chi connectivity index (χ2n) is 6.72. The maximum atomic E-state index is 11.8. The number of aryl methyl sites for hydroxylation is 1. The fourth-order valence-corrected chi connectivity index (χ4v) is 3.65. The summed E-state index contributed by atoms with van der Waals surface area (Å²) in [6.45, 7) is 4.05. The number of nitrogen functional groups attached to an aromatic ring is 1. The second-order valence-corrected chi connectivity index (χ2v) is 7.66. The summed E-state index contributed by atoms with van der Waals surface area (Å²) in [5.74, 6) is -3.67. The molecule has 0 saturated carbocycles. The van der Waals surface area contributed by atoms with E-state index in [1.807, 2.05) is 17.0 Å². The second kappa shape index (κ2) is 9.59. The summed E-state index contributed by atoms with van der Waals surface area (Å²) < 4.78 is 6.91. The normalized spacial score (nSPS) is 12.9. The van der Waals surface area contributed by atoms with Crippen molar-refractivity contribution < 1.29 is 39.0 Å². The molecule has 0 bridgehead atoms. The topological polar surface area (TPSA) is 180 Å². The zero-order valence-electron chi connectivity index (χ0n) is 16.5. The number of carboxylic acid groups (broad SMARTS) is 2. The molecular formula is C18H22N4O7S. The molecule has 1 unspecified atom stereocenters. The number of esters is 1. The Labute approximate surface area is 175 Å². The fourth-order valence-electron chi connectivity index (χ4n) is 2.67. The number of aliphatic hydroxyl groups is 1. The number of carboxylic acids is 2. The number of nitrogens with zero attached hydrogens (tertiary/aromatic N) is 3. The van der Waals surface area contributed by atoms with Gasteiger partial charge >= 0.3 is 11.9 Å². The van der Waals surface area contributed by atoms with Crippen LogP contribution in [0.5, 0.6) is 0 Å². The van der Waals surface area contributed by atoms with Gasteiger partial charge in [-0.15, -0.1) is 0 Å². The lowest BCUT2D eigenvalue weighted by molar-refractivity contribution is -0.689. The van der Waals surface area contributed by atoms with Crippen LogP contribution in [0.1, 0.15) is 34.8 Å². The molecule has 11 nitrogen and oxygen atoms in total. The van der Waals surface area contributed by atoms with Crippen LogP contribution in [0.25, 0.3) is 0 Å². The summed E-state index contributed by atoms with van der Waals surface area (Å²) in [7, 11) is 0. The monoisotopic (exact) mass is 438 g/mol. The van der Waals surface area contributed by atoms with Gasteiger partial charge in [0.25, 0.3) is 0 Å². The van der Waals surface area contributed by atoms with Crippen LogP contribution in [0.15, 0.2) is 11.7 Å². The van der Waals surface area contributed by atoms with Crippen molar-refractivity contribution in [2.75, 3.05) is 12.3 Å². The molecule has 0 aliphatic carbocycles. The number of carbonyl (C=O) groups is 3. The molecular weight excluding hydrogens is 416 g/mol. The van der Waals surface area contributed by atoms with Crippen molar-refractivity contribution in [3.05, 3.63) is 33.7 Å². The number of carbonyl (C=O) groups excluding carboxylic acids is 2. The molecule has 2 heterocycles. The molecule has 1 atom stereocenters. The standard InChI is InChI=1S/C18H22N4O7S/c1-10-13(30-9-22(10)8-12-7-20-11(2)21-16(12)19)3-4-29-15(25)6-18(28,17(26)27)5-14(23)24/h7,9,28H,3-6,8H2,1-2H3,(H3-,19,20,21,23,24,26,27). The van der Waals surface area contributed by atoms with Crippen LogP contribution < -0.4 is 15.4 Å². The summed E-state index contributed by atoms with van der Waals surface area (Å²) in [6, 6.07) is 0. The van der Waals surface area contributed by atoms with Crippen molar-refractivity contribution in [3.63, 3.8) is 0 Å². The van der Waals surface area contributed by atoms with Gasteiger partial charge in [0, 0.05) is 19.5 Å². The Morgan fingerprint density at radius 3 is 2.63 bits per heavy atom. The highest BCUT2D eigenvalue weighted by molar-refractivity contribution is 7.09. The fraction of sp³-hybridized carbons (Fsp3) is 0.444. The summed E-state index contributed by atoms with van der Waals surface area (Å²) in [5.41, 5.74) is 6.68. The number of anilines is 1. The number of nitrogens with two attached hydrogens (primary N) is 1. The number of thiazole rings is 1. The lowest BCUT2D eigenvalue weighted by Gasteiger charge is -2.26. The van der Waals surface area contributed by atoms with Gasteiger partial charge in [0.2, 0.25) is 5.51 Å². The van der Waals surface area contributed by atoms with E-state index in [-0.39, 0.29) is 6.61 Å². The quantitative estimate of drug-likeness (QED) is 0.292. The van der Waals surface area contributed by atoms with Crippen LogP contribution in [0, 0.1) is 13.8 Å². The van der Waals surface area contributed by atoms with E-state index >= 15 is 0 Å². The number of hydrogen-bond donors (Lipinski definition) is 3. The summed E-state index contributed by atoms with van der Waals surface area (Å²) >= 11 is 1.44. The predicted octanol–water partition coefficient (Wildman–Crippen LogP) is -1.50. The lowest BCUT2D eigenvalue weighted by atomic mass is 9.96. The van der Waals surface area contributed by atoms with Crippen molar-refractivity contribution in [3.8, 4) is 0 Å². The third-order valence-corrected chi connectivity index (χ3v) is 5.51. The molecule has 4 N–H and O–H groups in total. The molecule has 0 aromatic carbocycles. The highest BCUT2D eigenvalue weighted by atomic mass is 32.1. The SMILES string of the molecule is Cc1ncc(C[n+]2csc(CCOC(=O)CC(O)(CC(=O)O)C(=O)[O-])c2C)c(N)n1. The number of aromatic nitrogens is 3. The van der Waals surface area contributed by atoms with Crippen LogP contribution >= 0.6 is 11.3 Å². The minimum atomic E-state index is -2.82. The molecule has 0 amide bonds. The maximum Gasteiger partial charge on any atom is 0.309 e. The minimum absolute atomic E-state index is 0.0633. The Kier molecular flexibility index (Phi) is 7.40. The van der Waals surface area contributed by atoms with Crippen molar-refractivity contribution >= 4 is 35.1 Å². The van der Waals surface area contributed by atoms with Crippen molar-refractivity contribution in [2.45, 2.75) is 45.3 Å². The average Bonchev–Trinajstić information content (AvgIpc) is 2.96. The molecule has 0 spiro atoms. The Bertz CT molecular complexity index is 962. The van der Waals surface area contributed by atoms with E-state index in [0.29, 0.717) is 24.6 Å². The lowest BCUT2D eigenvalue weighted by Crippen LogP contribution is -2.51. The van der Waals surface area contributed by atoms with Gasteiger partial charge in [-0.2, -0.15) is 4.57 Å². The van der Waals surface area contributed by atoms with Gasteiger partial charge in [-0.3, -0.25) is 9.59 Å². The number of aliphatic carboxylic acids is 2. The van der Waals surface area contributed by atoms with E-state index in [9.17, 15) is 24.6 Å². The highest BCUT2D eigenvalue weighted by Crippen LogP contribution is 2.17. The zero-order valence-corrected chi connectivity index (χ0v) is 17.3. The van der Waals surface area contributed by atoms with Gasteiger partial charge in [-0.25, -0.2) is 9.97 Å². The molecule has 30 heavy (non-hydrogen) atoms. The van der Waals surface area contributed by atoms with Crippen molar-refractivity contribution in [1.82, 2.24) is 9.97 Å². The molecule has 0 radical (unpaired) electrons. The molecule has 0 saturated heterocycles. The summed E-state index contributed by atoms with van der Waals surface area (Å²) in [6.07, 6.45) is -0.158. The van der Waals surface area contributed by atoms with Gasteiger partial charge in [0.1, 0.15) is 17.2 Å². The molecule has 2 aromatic heterocycles. The maximum absolute atomic E-state index is 11.8.